The van der Waals surface area contributed by atoms with Crippen LogP contribution in [-0.2, 0) is 0 Å². The fourth-order valence-electron chi connectivity index (χ4n) is 6.02. The second kappa shape index (κ2) is 13.4. The molecule has 1 aliphatic heterocycles. The summed E-state index contributed by atoms with van der Waals surface area (Å²) in [6.07, 6.45) is 25.0. The topological polar surface area (TPSA) is 27.3 Å². The second-order valence-electron chi connectivity index (χ2n) is 11.1. The second-order valence-corrected chi connectivity index (χ2v) is 11.1. The van der Waals surface area contributed by atoms with Crippen molar-refractivity contribution in [2.75, 3.05) is 11.4 Å². The molecule has 0 radical (unpaired) electrons. The highest BCUT2D eigenvalue weighted by molar-refractivity contribution is 5.93. The lowest BCUT2D eigenvalue weighted by molar-refractivity contribution is 0.589. The summed E-state index contributed by atoms with van der Waals surface area (Å²) < 4.78 is 0. The van der Waals surface area contributed by atoms with Gasteiger partial charge in [-0.1, -0.05) is 128 Å². The maximum Gasteiger partial charge on any atom is 0.0543 e. The van der Waals surface area contributed by atoms with Crippen molar-refractivity contribution in [3.05, 3.63) is 169 Å². The van der Waals surface area contributed by atoms with Crippen molar-refractivity contribution in [2.45, 2.75) is 38.8 Å². The Morgan fingerprint density at radius 1 is 1.02 bits per heavy atom. The third-order valence-electron chi connectivity index (χ3n) is 8.16. The number of allylic oxidation sites excluding steroid dienone is 10. The zero-order chi connectivity index (χ0) is 29.5. The van der Waals surface area contributed by atoms with Crippen LogP contribution in [0.2, 0.25) is 0 Å². The highest BCUT2D eigenvalue weighted by Crippen LogP contribution is 2.45. The van der Waals surface area contributed by atoms with Crippen LogP contribution in [-0.4, -0.2) is 18.6 Å². The van der Waals surface area contributed by atoms with Gasteiger partial charge in [0.15, 0.2) is 0 Å². The van der Waals surface area contributed by atoms with Gasteiger partial charge in [-0.25, -0.2) is 5.43 Å². The van der Waals surface area contributed by atoms with Crippen LogP contribution in [0.5, 0.6) is 0 Å². The van der Waals surface area contributed by atoms with Crippen molar-refractivity contribution in [1.82, 2.24) is 10.9 Å². The molecular formula is C39H41N3. The van der Waals surface area contributed by atoms with Crippen molar-refractivity contribution in [3.8, 4) is 0 Å². The van der Waals surface area contributed by atoms with Crippen LogP contribution >= 0.6 is 0 Å². The lowest BCUT2D eigenvalue weighted by Gasteiger charge is -2.46. The first-order valence-corrected chi connectivity index (χ1v) is 14.7. The standard InChI is InChI=1S/C39H41N3/c1-6-12-31(7-2)27-41-40-22-11-10-13-29(4)32-17-19-33(20-18-32)34-24-35-26-36(25-34)42(39-15-9-8-14-37(35)39)38-21-16-28(3)23-30(38)5/h6-20,22-25,36,38,40-41H,1-2,4,21,26-27H2,3,5H3/b13-10-,22-11-,31-12+. The molecule has 2 bridgehead atoms. The third-order valence-corrected chi connectivity index (χ3v) is 8.16. The monoisotopic (exact) mass is 551 g/mol. The molecule has 1 heterocycles. The van der Waals surface area contributed by atoms with Gasteiger partial charge in [0, 0.05) is 24.0 Å². The highest BCUT2D eigenvalue weighted by atomic mass is 15.3. The van der Waals surface area contributed by atoms with Crippen molar-refractivity contribution in [2.24, 2.45) is 0 Å². The van der Waals surface area contributed by atoms with E-state index in [9.17, 15) is 0 Å². The van der Waals surface area contributed by atoms with Crippen LogP contribution in [0, 0.1) is 0 Å². The minimum atomic E-state index is 0.337. The number of benzene rings is 2. The van der Waals surface area contributed by atoms with E-state index in [1.165, 1.54) is 39.1 Å². The molecule has 0 saturated heterocycles. The van der Waals surface area contributed by atoms with Crippen LogP contribution in [0.1, 0.15) is 43.4 Å². The summed E-state index contributed by atoms with van der Waals surface area (Å²) in [6.45, 7) is 16.9. The van der Waals surface area contributed by atoms with Gasteiger partial charge in [-0.15, -0.1) is 0 Å². The Morgan fingerprint density at radius 2 is 1.83 bits per heavy atom. The Hall–Kier alpha value is -4.60. The number of para-hydroxylation sites is 1. The van der Waals surface area contributed by atoms with Gasteiger partial charge in [0.1, 0.15) is 0 Å². The summed E-state index contributed by atoms with van der Waals surface area (Å²) in [7, 11) is 0. The molecule has 0 spiro atoms. The van der Waals surface area contributed by atoms with Gasteiger partial charge in [-0.2, -0.15) is 0 Å². The maximum atomic E-state index is 4.27. The number of hydrogen-bond donors (Lipinski definition) is 2. The molecule has 0 saturated carbocycles. The van der Waals surface area contributed by atoms with Crippen LogP contribution < -0.4 is 15.8 Å². The Morgan fingerprint density at radius 3 is 2.60 bits per heavy atom. The average molecular weight is 552 g/mol. The SMILES string of the molecule is C=C/C=C(\C=C)CNN/C=C\C=C/C(=C)c1ccc(C2=CC3CC(=C2)c2ccccc2N3C2CC=C(C)C=C2C)cc1. The minimum absolute atomic E-state index is 0.337. The number of nitrogens with one attached hydrogen (secondary N) is 2. The van der Waals surface area contributed by atoms with Gasteiger partial charge < -0.3 is 10.3 Å². The van der Waals surface area contributed by atoms with E-state index < -0.39 is 0 Å². The average Bonchev–Trinajstić information content (AvgIpc) is 3.01. The van der Waals surface area contributed by atoms with Crippen molar-refractivity contribution in [1.29, 1.82) is 0 Å². The van der Waals surface area contributed by atoms with E-state index in [0.717, 1.165) is 29.6 Å². The number of nitrogens with zero attached hydrogens (tertiary/aromatic N) is 1. The minimum Gasteiger partial charge on any atom is -0.357 e. The van der Waals surface area contributed by atoms with Crippen LogP contribution in [0.4, 0.5) is 5.69 Å². The zero-order valence-corrected chi connectivity index (χ0v) is 24.8. The summed E-state index contributed by atoms with van der Waals surface area (Å²) in [6, 6.07) is 18.4. The molecule has 2 unspecified atom stereocenters. The molecule has 0 amide bonds. The molecule has 2 aromatic rings. The van der Waals surface area contributed by atoms with E-state index in [4.69, 9.17) is 0 Å². The summed E-state index contributed by atoms with van der Waals surface area (Å²) in [5.41, 5.74) is 18.8. The number of rotatable bonds is 11. The summed E-state index contributed by atoms with van der Waals surface area (Å²) in [4.78, 5) is 2.66. The van der Waals surface area contributed by atoms with E-state index in [0.29, 0.717) is 18.6 Å². The molecule has 0 fully saturated rings. The maximum absolute atomic E-state index is 4.27. The fraction of sp³-hybridized carbons (Fsp3) is 0.179. The first-order chi connectivity index (χ1) is 20.5. The normalized spacial score (nSPS) is 20.0. The Bertz CT molecular complexity index is 1570. The predicted octanol–water partition coefficient (Wildman–Crippen LogP) is 8.89. The number of hydrazine groups is 1. The van der Waals surface area contributed by atoms with Crippen LogP contribution in [0.3, 0.4) is 0 Å². The molecule has 0 aromatic heterocycles. The molecule has 3 nitrogen and oxygen atoms in total. The van der Waals surface area contributed by atoms with Gasteiger partial charge in [-0.05, 0) is 72.3 Å². The molecule has 2 atom stereocenters. The van der Waals surface area contributed by atoms with E-state index >= 15 is 0 Å². The van der Waals surface area contributed by atoms with E-state index in [1.54, 1.807) is 6.08 Å². The predicted molar refractivity (Wildman–Crippen MR) is 183 cm³/mol. The van der Waals surface area contributed by atoms with Gasteiger partial charge in [0.2, 0.25) is 0 Å². The first kappa shape index (κ1) is 28.9. The number of fused-ring (bicyclic) bond motifs is 4. The number of hydrogen-bond acceptors (Lipinski definition) is 3. The van der Waals surface area contributed by atoms with Gasteiger partial charge in [0.05, 0.1) is 12.1 Å². The van der Waals surface area contributed by atoms with E-state index in [2.05, 4.69) is 122 Å². The first-order valence-electron chi connectivity index (χ1n) is 14.7. The van der Waals surface area contributed by atoms with Crippen molar-refractivity contribution in [3.63, 3.8) is 0 Å². The van der Waals surface area contributed by atoms with E-state index in [1.807, 2.05) is 36.6 Å². The Labute approximate surface area is 251 Å². The third kappa shape index (κ3) is 6.48. The summed E-state index contributed by atoms with van der Waals surface area (Å²) in [5, 5.41) is 0. The van der Waals surface area contributed by atoms with E-state index in [-0.39, 0.29) is 0 Å². The molecule has 2 aromatic carbocycles. The Balaban J connectivity index is 1.27. The van der Waals surface area contributed by atoms with Gasteiger partial charge in [0.25, 0.3) is 0 Å². The van der Waals surface area contributed by atoms with Crippen molar-refractivity contribution >= 4 is 22.4 Å². The number of anilines is 1. The smallest absolute Gasteiger partial charge is 0.0543 e. The quantitative estimate of drug-likeness (QED) is 0.166. The zero-order valence-electron chi connectivity index (χ0n) is 24.8. The molecular weight excluding hydrogens is 510 g/mol. The lowest BCUT2D eigenvalue weighted by Crippen LogP contribution is -2.47. The lowest BCUT2D eigenvalue weighted by atomic mass is 9.80. The molecule has 5 rings (SSSR count). The molecule has 42 heavy (non-hydrogen) atoms. The molecule has 212 valence electrons. The highest BCUT2D eigenvalue weighted by Gasteiger charge is 2.35. The molecule has 3 aliphatic rings. The van der Waals surface area contributed by atoms with Crippen molar-refractivity contribution < 1.29 is 0 Å². The Kier molecular flexibility index (Phi) is 9.21. The van der Waals surface area contributed by atoms with Gasteiger partial charge in [-0.3, -0.25) is 0 Å². The molecule has 3 heteroatoms. The summed E-state index contributed by atoms with van der Waals surface area (Å²) in [5.74, 6) is 0. The molecule has 2 N–H and O–H groups in total. The van der Waals surface area contributed by atoms with Crippen LogP contribution in [0.25, 0.3) is 16.7 Å². The summed E-state index contributed by atoms with van der Waals surface area (Å²) >= 11 is 0. The molecule has 2 aliphatic carbocycles. The largest absolute Gasteiger partial charge is 0.357 e. The van der Waals surface area contributed by atoms with Crippen LogP contribution in [0.15, 0.2) is 152 Å². The fourth-order valence-corrected chi connectivity index (χ4v) is 6.02. The van der Waals surface area contributed by atoms with Gasteiger partial charge >= 0.3 is 0 Å².